The summed E-state index contributed by atoms with van der Waals surface area (Å²) in [5.74, 6) is 0.354. The predicted octanol–water partition coefficient (Wildman–Crippen LogP) is 3.28. The van der Waals surface area contributed by atoms with Crippen molar-refractivity contribution in [2.45, 2.75) is 37.0 Å². The second-order valence-electron chi connectivity index (χ2n) is 5.46. The average molecular weight is 304 g/mol. The van der Waals surface area contributed by atoms with Crippen molar-refractivity contribution in [2.75, 3.05) is 0 Å². The highest BCUT2D eigenvalue weighted by Crippen LogP contribution is 2.20. The van der Waals surface area contributed by atoms with Gasteiger partial charge in [0, 0.05) is 0 Å². The molecule has 0 unspecified atom stereocenters. The molecule has 3 nitrogen and oxygen atoms in total. The van der Waals surface area contributed by atoms with Crippen LogP contribution in [0, 0.1) is 0 Å². The Morgan fingerprint density at radius 1 is 0.905 bits per heavy atom. The first-order valence-electron chi connectivity index (χ1n) is 6.94. The van der Waals surface area contributed by atoms with Gasteiger partial charge in [0.05, 0.1) is 17.3 Å². The zero-order valence-corrected chi connectivity index (χ0v) is 13.1. The SMILES string of the molecule is CC(C)c1ccc(S(=O)(=O)Cc2ccc(CO)cc2)cc1. The first kappa shape index (κ1) is 15.7. The Morgan fingerprint density at radius 2 is 1.43 bits per heavy atom. The van der Waals surface area contributed by atoms with E-state index in [-0.39, 0.29) is 12.4 Å². The molecule has 2 aromatic carbocycles. The molecule has 0 bridgehead atoms. The maximum Gasteiger partial charge on any atom is 0.182 e. The lowest BCUT2D eigenvalue weighted by Gasteiger charge is -2.08. The van der Waals surface area contributed by atoms with E-state index in [1.54, 1.807) is 36.4 Å². The number of benzene rings is 2. The van der Waals surface area contributed by atoms with E-state index in [9.17, 15) is 8.42 Å². The number of aliphatic hydroxyl groups is 1. The molecule has 0 saturated carbocycles. The molecule has 0 fully saturated rings. The van der Waals surface area contributed by atoms with Crippen molar-refractivity contribution in [3.05, 3.63) is 65.2 Å². The summed E-state index contributed by atoms with van der Waals surface area (Å²) in [7, 11) is -3.34. The zero-order valence-electron chi connectivity index (χ0n) is 12.3. The normalized spacial score (nSPS) is 11.8. The van der Waals surface area contributed by atoms with Crippen molar-refractivity contribution in [3.8, 4) is 0 Å². The van der Waals surface area contributed by atoms with E-state index in [0.29, 0.717) is 10.8 Å². The van der Waals surface area contributed by atoms with Crippen molar-refractivity contribution >= 4 is 9.84 Å². The van der Waals surface area contributed by atoms with E-state index in [2.05, 4.69) is 13.8 Å². The van der Waals surface area contributed by atoms with Crippen LogP contribution in [0.25, 0.3) is 0 Å². The van der Waals surface area contributed by atoms with Crippen molar-refractivity contribution in [2.24, 2.45) is 0 Å². The van der Waals surface area contributed by atoms with E-state index >= 15 is 0 Å². The third-order valence-electron chi connectivity index (χ3n) is 3.47. The standard InChI is InChI=1S/C17H20O3S/c1-13(2)16-7-9-17(10-8-16)21(19,20)12-15-5-3-14(11-18)4-6-15/h3-10,13,18H,11-12H2,1-2H3. The van der Waals surface area contributed by atoms with Crippen LogP contribution in [0.5, 0.6) is 0 Å². The maximum atomic E-state index is 12.4. The fraction of sp³-hybridized carbons (Fsp3) is 0.294. The minimum atomic E-state index is -3.34. The number of rotatable bonds is 5. The van der Waals surface area contributed by atoms with Gasteiger partial charge in [-0.3, -0.25) is 0 Å². The van der Waals surface area contributed by atoms with Gasteiger partial charge in [0.15, 0.2) is 9.84 Å². The van der Waals surface area contributed by atoms with Crippen LogP contribution in [0.4, 0.5) is 0 Å². The largest absolute Gasteiger partial charge is 0.392 e. The van der Waals surface area contributed by atoms with Crippen LogP contribution >= 0.6 is 0 Å². The van der Waals surface area contributed by atoms with Crippen molar-refractivity contribution in [3.63, 3.8) is 0 Å². The minimum Gasteiger partial charge on any atom is -0.392 e. The molecular formula is C17H20O3S. The van der Waals surface area contributed by atoms with Gasteiger partial charge in [0.2, 0.25) is 0 Å². The van der Waals surface area contributed by atoms with Gasteiger partial charge in [-0.1, -0.05) is 50.2 Å². The summed E-state index contributed by atoms with van der Waals surface area (Å²) < 4.78 is 24.8. The summed E-state index contributed by atoms with van der Waals surface area (Å²) in [6, 6.07) is 14.1. The fourth-order valence-corrected chi connectivity index (χ4v) is 3.45. The van der Waals surface area contributed by atoms with Gasteiger partial charge < -0.3 is 5.11 Å². The molecule has 0 aliphatic carbocycles. The highest BCUT2D eigenvalue weighted by Gasteiger charge is 2.15. The molecule has 0 amide bonds. The first-order chi connectivity index (χ1) is 9.92. The average Bonchev–Trinajstić information content (AvgIpc) is 2.48. The molecule has 0 heterocycles. The van der Waals surface area contributed by atoms with Gasteiger partial charge in [0.25, 0.3) is 0 Å². The van der Waals surface area contributed by atoms with Crippen molar-refractivity contribution < 1.29 is 13.5 Å². The molecule has 4 heteroatoms. The van der Waals surface area contributed by atoms with Crippen LogP contribution in [0.1, 0.15) is 36.5 Å². The van der Waals surface area contributed by atoms with Crippen LogP contribution < -0.4 is 0 Å². The summed E-state index contributed by atoms with van der Waals surface area (Å²) in [5.41, 5.74) is 2.62. The lowest BCUT2D eigenvalue weighted by Crippen LogP contribution is -2.05. The Hall–Kier alpha value is -1.65. The Kier molecular flexibility index (Phi) is 4.80. The summed E-state index contributed by atoms with van der Waals surface area (Å²) in [6.45, 7) is 4.11. The van der Waals surface area contributed by atoms with Crippen LogP contribution in [-0.2, 0) is 22.2 Å². The van der Waals surface area contributed by atoms with Gasteiger partial charge in [-0.05, 0) is 34.7 Å². The molecule has 0 radical (unpaired) electrons. The molecule has 21 heavy (non-hydrogen) atoms. The van der Waals surface area contributed by atoms with Crippen LogP contribution in [0.2, 0.25) is 0 Å². The second-order valence-corrected chi connectivity index (χ2v) is 7.45. The molecule has 0 atom stereocenters. The van der Waals surface area contributed by atoms with Crippen molar-refractivity contribution in [1.29, 1.82) is 0 Å². The van der Waals surface area contributed by atoms with Gasteiger partial charge in [0.1, 0.15) is 0 Å². The highest BCUT2D eigenvalue weighted by atomic mass is 32.2. The Bertz CT molecular complexity index is 684. The molecule has 0 spiro atoms. The van der Waals surface area contributed by atoms with E-state index in [1.807, 2.05) is 12.1 Å². The van der Waals surface area contributed by atoms with E-state index in [4.69, 9.17) is 5.11 Å². The molecular weight excluding hydrogens is 284 g/mol. The van der Waals surface area contributed by atoms with E-state index in [1.165, 1.54) is 0 Å². The van der Waals surface area contributed by atoms with Gasteiger partial charge in [-0.25, -0.2) is 8.42 Å². The lowest BCUT2D eigenvalue weighted by molar-refractivity contribution is 0.282. The van der Waals surface area contributed by atoms with E-state index in [0.717, 1.165) is 16.7 Å². The van der Waals surface area contributed by atoms with Gasteiger partial charge in [-0.2, -0.15) is 0 Å². The third-order valence-corrected chi connectivity index (χ3v) is 5.17. The first-order valence-corrected chi connectivity index (χ1v) is 8.59. The Labute approximate surface area is 126 Å². The Morgan fingerprint density at radius 3 is 1.90 bits per heavy atom. The molecule has 0 aromatic heterocycles. The zero-order chi connectivity index (χ0) is 15.5. The molecule has 0 aliphatic heterocycles. The van der Waals surface area contributed by atoms with Gasteiger partial charge >= 0.3 is 0 Å². The monoisotopic (exact) mass is 304 g/mol. The molecule has 2 rings (SSSR count). The summed E-state index contributed by atoms with van der Waals surface area (Å²) >= 11 is 0. The lowest BCUT2D eigenvalue weighted by atomic mass is 10.0. The van der Waals surface area contributed by atoms with Crippen LogP contribution in [0.3, 0.4) is 0 Å². The molecule has 0 aliphatic rings. The predicted molar refractivity (Wildman–Crippen MR) is 83.8 cm³/mol. The van der Waals surface area contributed by atoms with E-state index < -0.39 is 9.84 Å². The third kappa shape index (κ3) is 3.93. The fourth-order valence-electron chi connectivity index (χ4n) is 2.10. The maximum absolute atomic E-state index is 12.4. The summed E-state index contributed by atoms with van der Waals surface area (Å²) in [4.78, 5) is 0.345. The number of hydrogen-bond acceptors (Lipinski definition) is 3. The summed E-state index contributed by atoms with van der Waals surface area (Å²) in [6.07, 6.45) is 0. The highest BCUT2D eigenvalue weighted by molar-refractivity contribution is 7.90. The number of sulfone groups is 1. The smallest absolute Gasteiger partial charge is 0.182 e. The quantitative estimate of drug-likeness (QED) is 0.922. The Balaban J connectivity index is 2.20. The van der Waals surface area contributed by atoms with Crippen molar-refractivity contribution in [1.82, 2.24) is 0 Å². The summed E-state index contributed by atoms with van der Waals surface area (Å²) in [5, 5.41) is 8.99. The van der Waals surface area contributed by atoms with Crippen LogP contribution in [0.15, 0.2) is 53.4 Å². The minimum absolute atomic E-state index is 0.0280. The molecule has 112 valence electrons. The second kappa shape index (κ2) is 6.41. The number of hydrogen-bond donors (Lipinski definition) is 1. The van der Waals surface area contributed by atoms with Crippen LogP contribution in [-0.4, -0.2) is 13.5 Å². The topological polar surface area (TPSA) is 54.4 Å². The molecule has 1 N–H and O–H groups in total. The van der Waals surface area contributed by atoms with Gasteiger partial charge in [-0.15, -0.1) is 0 Å². The molecule has 2 aromatic rings. The number of aliphatic hydroxyl groups excluding tert-OH is 1. The molecule has 0 saturated heterocycles.